The summed E-state index contributed by atoms with van der Waals surface area (Å²) in [4.78, 5) is 15.3. The first-order chi connectivity index (χ1) is 15.5. The van der Waals surface area contributed by atoms with E-state index in [-0.39, 0.29) is 16.5 Å². The molecule has 4 rings (SSSR count). The average molecular weight is 456 g/mol. The smallest absolute Gasteiger partial charge is 0.258 e. The van der Waals surface area contributed by atoms with Crippen LogP contribution >= 0.6 is 11.6 Å². The van der Waals surface area contributed by atoms with Crippen molar-refractivity contribution in [2.75, 3.05) is 27.9 Å². The van der Waals surface area contributed by atoms with Crippen molar-refractivity contribution in [2.45, 2.75) is 12.5 Å². The molecule has 0 saturated carbocycles. The van der Waals surface area contributed by atoms with E-state index in [0.717, 1.165) is 11.1 Å². The molecular formula is C25H23ClFNO4. The molecule has 0 N–H and O–H groups in total. The van der Waals surface area contributed by atoms with Crippen LogP contribution in [0.25, 0.3) is 0 Å². The molecule has 5 nitrogen and oxygen atoms in total. The first kappa shape index (κ1) is 22.0. The number of rotatable bonds is 5. The molecule has 0 aromatic heterocycles. The van der Waals surface area contributed by atoms with E-state index in [1.165, 1.54) is 20.3 Å². The largest absolute Gasteiger partial charge is 0.496 e. The molecule has 0 saturated heterocycles. The fourth-order valence-electron chi connectivity index (χ4n) is 4.22. The minimum absolute atomic E-state index is 0.241. The molecule has 166 valence electrons. The maximum absolute atomic E-state index is 15.1. The SMILES string of the molecule is COc1cc2c(cc1OC)[C@H](c1c(F)cccc1Cl)N(C(=O)c1ccccc1OC)CC2. The first-order valence-electron chi connectivity index (χ1n) is 10.1. The van der Waals surface area contributed by atoms with Crippen LogP contribution in [0, 0.1) is 5.82 Å². The van der Waals surface area contributed by atoms with Crippen LogP contribution in [0.15, 0.2) is 54.6 Å². The van der Waals surface area contributed by atoms with Gasteiger partial charge in [0.05, 0.1) is 32.9 Å². The number of methoxy groups -OCH3 is 3. The number of carbonyl (C=O) groups excluding carboxylic acids is 1. The van der Waals surface area contributed by atoms with Crippen LogP contribution in [-0.2, 0) is 6.42 Å². The lowest BCUT2D eigenvalue weighted by molar-refractivity contribution is 0.0688. The molecule has 0 aliphatic carbocycles. The Morgan fingerprint density at radius 3 is 2.34 bits per heavy atom. The summed E-state index contributed by atoms with van der Waals surface area (Å²) in [6, 6.07) is 14.4. The fourth-order valence-corrected chi connectivity index (χ4v) is 4.49. The van der Waals surface area contributed by atoms with E-state index in [4.69, 9.17) is 25.8 Å². The number of ether oxygens (including phenoxy) is 3. The van der Waals surface area contributed by atoms with Gasteiger partial charge in [-0.1, -0.05) is 29.8 Å². The second-order valence-electron chi connectivity index (χ2n) is 7.39. The summed E-state index contributed by atoms with van der Waals surface area (Å²) >= 11 is 6.48. The van der Waals surface area contributed by atoms with Gasteiger partial charge in [-0.2, -0.15) is 0 Å². The molecule has 0 spiro atoms. The Hall–Kier alpha value is -3.25. The highest BCUT2D eigenvalue weighted by Crippen LogP contribution is 2.44. The molecule has 3 aromatic carbocycles. The van der Waals surface area contributed by atoms with Crippen LogP contribution in [-0.4, -0.2) is 38.7 Å². The van der Waals surface area contributed by atoms with Gasteiger partial charge in [-0.05, 0) is 53.9 Å². The van der Waals surface area contributed by atoms with Crippen molar-refractivity contribution in [2.24, 2.45) is 0 Å². The fraction of sp³-hybridized carbons (Fsp3) is 0.240. The summed E-state index contributed by atoms with van der Waals surface area (Å²) in [5, 5.41) is 0.246. The van der Waals surface area contributed by atoms with Gasteiger partial charge in [-0.3, -0.25) is 4.79 Å². The van der Waals surface area contributed by atoms with Crippen LogP contribution in [0.1, 0.15) is 33.1 Å². The summed E-state index contributed by atoms with van der Waals surface area (Å²) in [6.45, 7) is 0.370. The number of benzene rings is 3. The van der Waals surface area contributed by atoms with Crippen molar-refractivity contribution in [3.8, 4) is 17.2 Å². The maximum Gasteiger partial charge on any atom is 0.258 e. The molecule has 1 amide bonds. The van der Waals surface area contributed by atoms with Gasteiger partial charge < -0.3 is 19.1 Å². The van der Waals surface area contributed by atoms with Crippen LogP contribution in [0.5, 0.6) is 17.2 Å². The quantitative estimate of drug-likeness (QED) is 0.524. The third-order valence-corrected chi connectivity index (χ3v) is 6.07. The minimum Gasteiger partial charge on any atom is -0.496 e. The predicted octanol–water partition coefficient (Wildman–Crippen LogP) is 5.29. The lowest BCUT2D eigenvalue weighted by atomic mass is 9.86. The second kappa shape index (κ2) is 9.09. The Kier molecular flexibility index (Phi) is 6.24. The molecule has 0 fully saturated rings. The van der Waals surface area contributed by atoms with Gasteiger partial charge in [0.15, 0.2) is 11.5 Å². The van der Waals surface area contributed by atoms with E-state index >= 15 is 4.39 Å². The van der Waals surface area contributed by atoms with Gasteiger partial charge >= 0.3 is 0 Å². The Morgan fingerprint density at radius 1 is 0.969 bits per heavy atom. The first-order valence-corrected chi connectivity index (χ1v) is 10.5. The third-order valence-electron chi connectivity index (χ3n) is 5.75. The number of carbonyl (C=O) groups is 1. The van der Waals surface area contributed by atoms with Gasteiger partial charge in [-0.15, -0.1) is 0 Å². The molecular weight excluding hydrogens is 433 g/mol. The summed E-state index contributed by atoms with van der Waals surface area (Å²) in [7, 11) is 4.62. The molecule has 1 aliphatic rings. The maximum atomic E-state index is 15.1. The number of nitrogens with zero attached hydrogens (tertiary/aromatic N) is 1. The van der Waals surface area contributed by atoms with Crippen molar-refractivity contribution in [1.29, 1.82) is 0 Å². The van der Waals surface area contributed by atoms with Crippen molar-refractivity contribution in [3.63, 3.8) is 0 Å². The van der Waals surface area contributed by atoms with Gasteiger partial charge in [0.25, 0.3) is 5.91 Å². The number of fused-ring (bicyclic) bond motifs is 1. The molecule has 7 heteroatoms. The number of halogens is 2. The molecule has 1 atom stereocenters. The Morgan fingerprint density at radius 2 is 1.66 bits per heavy atom. The zero-order valence-corrected chi connectivity index (χ0v) is 18.8. The molecule has 1 aliphatic heterocycles. The van der Waals surface area contributed by atoms with Gasteiger partial charge in [0, 0.05) is 17.1 Å². The normalized spacial score (nSPS) is 15.2. The lowest BCUT2D eigenvalue weighted by Crippen LogP contribution is -2.41. The second-order valence-corrected chi connectivity index (χ2v) is 7.80. The highest BCUT2D eigenvalue weighted by Gasteiger charge is 2.37. The molecule has 1 heterocycles. The highest BCUT2D eigenvalue weighted by atomic mass is 35.5. The Balaban J connectivity index is 1.93. The van der Waals surface area contributed by atoms with E-state index in [2.05, 4.69) is 0 Å². The minimum atomic E-state index is -0.746. The number of hydrogen-bond donors (Lipinski definition) is 0. The summed E-state index contributed by atoms with van der Waals surface area (Å²) in [6.07, 6.45) is 0.569. The van der Waals surface area contributed by atoms with E-state index in [1.54, 1.807) is 54.5 Å². The van der Waals surface area contributed by atoms with Crippen LogP contribution in [0.4, 0.5) is 4.39 Å². The lowest BCUT2D eigenvalue weighted by Gasteiger charge is -2.38. The van der Waals surface area contributed by atoms with E-state index in [1.807, 2.05) is 6.07 Å². The van der Waals surface area contributed by atoms with Crippen molar-refractivity contribution < 1.29 is 23.4 Å². The van der Waals surface area contributed by atoms with Gasteiger partial charge in [0.2, 0.25) is 0 Å². The number of amides is 1. The van der Waals surface area contributed by atoms with Crippen LogP contribution in [0.3, 0.4) is 0 Å². The Bertz CT molecular complexity index is 1150. The summed E-state index contributed by atoms with van der Waals surface area (Å²) in [5.74, 6) is 0.772. The van der Waals surface area contributed by atoms with Gasteiger partial charge in [-0.25, -0.2) is 4.39 Å². The summed E-state index contributed by atoms with van der Waals surface area (Å²) < 4.78 is 31.5. The van der Waals surface area contributed by atoms with Gasteiger partial charge in [0.1, 0.15) is 11.6 Å². The van der Waals surface area contributed by atoms with Crippen LogP contribution in [0.2, 0.25) is 5.02 Å². The predicted molar refractivity (Wildman–Crippen MR) is 121 cm³/mol. The van der Waals surface area contributed by atoms with E-state index < -0.39 is 11.9 Å². The molecule has 0 unspecified atom stereocenters. The summed E-state index contributed by atoms with van der Waals surface area (Å²) in [5.41, 5.74) is 2.32. The topological polar surface area (TPSA) is 48.0 Å². The molecule has 0 radical (unpaired) electrons. The molecule has 3 aromatic rings. The highest BCUT2D eigenvalue weighted by molar-refractivity contribution is 6.31. The standard InChI is InChI=1S/C25H23ClFNO4/c1-30-20-10-5-4-7-16(20)25(29)28-12-11-15-13-21(31-2)22(32-3)14-17(15)24(28)23-18(26)8-6-9-19(23)27/h4-10,13-14,24H,11-12H2,1-3H3/t24-/m1/s1. The van der Waals surface area contributed by atoms with Crippen molar-refractivity contribution in [1.82, 2.24) is 4.90 Å². The number of para-hydroxylation sites is 1. The molecule has 32 heavy (non-hydrogen) atoms. The third kappa shape index (κ3) is 3.75. The molecule has 0 bridgehead atoms. The number of hydrogen-bond acceptors (Lipinski definition) is 4. The zero-order valence-electron chi connectivity index (χ0n) is 18.0. The van der Waals surface area contributed by atoms with Crippen molar-refractivity contribution in [3.05, 3.63) is 87.7 Å². The van der Waals surface area contributed by atoms with Crippen LogP contribution < -0.4 is 14.2 Å². The monoisotopic (exact) mass is 455 g/mol. The Labute approximate surface area is 191 Å². The van der Waals surface area contributed by atoms with E-state index in [9.17, 15) is 4.79 Å². The average Bonchev–Trinajstić information content (AvgIpc) is 2.82. The van der Waals surface area contributed by atoms with E-state index in [0.29, 0.717) is 35.8 Å². The van der Waals surface area contributed by atoms with Crippen molar-refractivity contribution >= 4 is 17.5 Å². The zero-order chi connectivity index (χ0) is 22.8.